The first kappa shape index (κ1) is 11.4. The summed E-state index contributed by atoms with van der Waals surface area (Å²) >= 11 is 3.54. The summed E-state index contributed by atoms with van der Waals surface area (Å²) in [4.78, 5) is 12.2. The number of aromatic amines is 1. The Bertz CT molecular complexity index is 731. The van der Waals surface area contributed by atoms with Gasteiger partial charge in [-0.25, -0.2) is 9.97 Å². The van der Waals surface area contributed by atoms with E-state index < -0.39 is 0 Å². The molecule has 0 saturated heterocycles. The Kier molecular flexibility index (Phi) is 2.67. The molecule has 2 heterocycles. The van der Waals surface area contributed by atoms with Gasteiger partial charge in [0.25, 0.3) is 0 Å². The molecule has 0 spiro atoms. The van der Waals surface area contributed by atoms with Crippen molar-refractivity contribution in [3.8, 4) is 11.4 Å². The molecule has 0 radical (unpaired) electrons. The SMILES string of the molecule is Cc1c(Br)cccc1-c1nc2nccc(C)c2[nH]1. The first-order valence-corrected chi connectivity index (χ1v) is 6.53. The van der Waals surface area contributed by atoms with Gasteiger partial charge in [0.1, 0.15) is 5.82 Å². The molecule has 0 aliphatic carbocycles. The van der Waals surface area contributed by atoms with Crippen LogP contribution in [0.2, 0.25) is 0 Å². The average molecular weight is 302 g/mol. The minimum atomic E-state index is 0.768. The number of hydrogen-bond donors (Lipinski definition) is 1. The van der Waals surface area contributed by atoms with Crippen LogP contribution in [0.25, 0.3) is 22.6 Å². The van der Waals surface area contributed by atoms with Crippen LogP contribution in [-0.4, -0.2) is 15.0 Å². The molecule has 0 atom stereocenters. The molecule has 90 valence electrons. The number of hydrogen-bond acceptors (Lipinski definition) is 2. The minimum absolute atomic E-state index is 0.768. The van der Waals surface area contributed by atoms with Crippen LogP contribution in [0, 0.1) is 13.8 Å². The maximum atomic E-state index is 4.56. The maximum Gasteiger partial charge on any atom is 0.178 e. The van der Waals surface area contributed by atoms with Crippen molar-refractivity contribution in [3.05, 3.63) is 46.1 Å². The Morgan fingerprint density at radius 3 is 2.78 bits per heavy atom. The van der Waals surface area contributed by atoms with Crippen LogP contribution < -0.4 is 0 Å². The normalized spacial score (nSPS) is 11.1. The summed E-state index contributed by atoms with van der Waals surface area (Å²) in [7, 11) is 0. The summed E-state index contributed by atoms with van der Waals surface area (Å²) in [5.74, 6) is 0.866. The van der Waals surface area contributed by atoms with E-state index in [4.69, 9.17) is 0 Å². The second kappa shape index (κ2) is 4.21. The molecule has 1 N–H and O–H groups in total. The minimum Gasteiger partial charge on any atom is -0.336 e. The Balaban J connectivity index is 2.26. The zero-order chi connectivity index (χ0) is 12.7. The van der Waals surface area contributed by atoms with E-state index in [1.54, 1.807) is 6.20 Å². The van der Waals surface area contributed by atoms with Crippen molar-refractivity contribution in [2.45, 2.75) is 13.8 Å². The standard InChI is InChI=1S/C14H12BrN3/c1-8-6-7-16-14-12(8)17-13(18-14)10-4-3-5-11(15)9(10)2/h3-7H,1-2H3,(H,16,17,18). The number of imidazole rings is 1. The second-order valence-corrected chi connectivity index (χ2v) is 5.18. The monoisotopic (exact) mass is 301 g/mol. The van der Waals surface area contributed by atoms with Crippen molar-refractivity contribution < 1.29 is 0 Å². The van der Waals surface area contributed by atoms with Gasteiger partial charge in [-0.1, -0.05) is 28.1 Å². The van der Waals surface area contributed by atoms with Gasteiger partial charge in [0.05, 0.1) is 5.52 Å². The van der Waals surface area contributed by atoms with E-state index in [2.05, 4.69) is 50.8 Å². The number of nitrogens with zero attached hydrogens (tertiary/aromatic N) is 2. The summed E-state index contributed by atoms with van der Waals surface area (Å²) < 4.78 is 1.09. The molecule has 1 aromatic carbocycles. The molecule has 0 bridgehead atoms. The number of H-pyrrole nitrogens is 1. The molecule has 0 saturated carbocycles. The highest BCUT2D eigenvalue weighted by Crippen LogP contribution is 2.28. The van der Waals surface area contributed by atoms with Gasteiger partial charge in [0.15, 0.2) is 5.65 Å². The Hall–Kier alpha value is -1.68. The maximum absolute atomic E-state index is 4.56. The van der Waals surface area contributed by atoms with Crippen LogP contribution in [0.1, 0.15) is 11.1 Å². The van der Waals surface area contributed by atoms with Crippen LogP contribution in [0.3, 0.4) is 0 Å². The van der Waals surface area contributed by atoms with E-state index in [9.17, 15) is 0 Å². The molecule has 4 heteroatoms. The first-order chi connectivity index (χ1) is 8.66. The van der Waals surface area contributed by atoms with E-state index in [-0.39, 0.29) is 0 Å². The lowest BCUT2D eigenvalue weighted by molar-refractivity contribution is 1.28. The number of fused-ring (bicyclic) bond motifs is 1. The Labute approximate surface area is 113 Å². The van der Waals surface area contributed by atoms with Gasteiger partial charge in [-0.3, -0.25) is 0 Å². The largest absolute Gasteiger partial charge is 0.336 e. The van der Waals surface area contributed by atoms with Gasteiger partial charge >= 0.3 is 0 Å². The van der Waals surface area contributed by atoms with Crippen LogP contribution in [0.15, 0.2) is 34.9 Å². The van der Waals surface area contributed by atoms with Crippen molar-refractivity contribution in [2.75, 3.05) is 0 Å². The fraction of sp³-hybridized carbons (Fsp3) is 0.143. The molecule has 0 aliphatic heterocycles. The van der Waals surface area contributed by atoms with Gasteiger partial charge < -0.3 is 4.98 Å². The van der Waals surface area contributed by atoms with Crippen LogP contribution in [0.4, 0.5) is 0 Å². The van der Waals surface area contributed by atoms with Gasteiger partial charge in [0.2, 0.25) is 0 Å². The van der Waals surface area contributed by atoms with E-state index in [1.165, 1.54) is 5.56 Å². The number of aromatic nitrogens is 3. The second-order valence-electron chi connectivity index (χ2n) is 4.32. The Morgan fingerprint density at radius 2 is 2.00 bits per heavy atom. The number of pyridine rings is 1. The zero-order valence-electron chi connectivity index (χ0n) is 10.2. The van der Waals surface area contributed by atoms with E-state index in [0.29, 0.717) is 0 Å². The fourth-order valence-corrected chi connectivity index (χ4v) is 2.39. The summed E-state index contributed by atoms with van der Waals surface area (Å²) in [6, 6.07) is 8.09. The van der Waals surface area contributed by atoms with Crippen molar-refractivity contribution in [1.82, 2.24) is 15.0 Å². The van der Waals surface area contributed by atoms with Gasteiger partial charge in [-0.05, 0) is 37.1 Å². The van der Waals surface area contributed by atoms with Crippen molar-refractivity contribution in [3.63, 3.8) is 0 Å². The Morgan fingerprint density at radius 1 is 1.17 bits per heavy atom. The highest BCUT2D eigenvalue weighted by atomic mass is 79.9. The average Bonchev–Trinajstić information content (AvgIpc) is 2.78. The van der Waals surface area contributed by atoms with Crippen molar-refractivity contribution in [2.24, 2.45) is 0 Å². The molecule has 3 aromatic rings. The molecule has 2 aromatic heterocycles. The molecular formula is C14H12BrN3. The van der Waals surface area contributed by atoms with Crippen LogP contribution in [0.5, 0.6) is 0 Å². The number of rotatable bonds is 1. The van der Waals surface area contributed by atoms with Crippen molar-refractivity contribution in [1.29, 1.82) is 0 Å². The summed E-state index contributed by atoms with van der Waals surface area (Å²) in [6.45, 7) is 4.13. The zero-order valence-corrected chi connectivity index (χ0v) is 11.7. The van der Waals surface area contributed by atoms with E-state index in [1.807, 2.05) is 18.2 Å². The predicted octanol–water partition coefficient (Wildman–Crippen LogP) is 4.00. The number of nitrogens with one attached hydrogen (secondary N) is 1. The molecule has 0 amide bonds. The van der Waals surface area contributed by atoms with Crippen LogP contribution in [-0.2, 0) is 0 Å². The molecule has 18 heavy (non-hydrogen) atoms. The molecule has 3 nitrogen and oxygen atoms in total. The molecule has 0 fully saturated rings. The quantitative estimate of drug-likeness (QED) is 0.738. The molecule has 0 unspecified atom stereocenters. The number of halogens is 1. The van der Waals surface area contributed by atoms with Gasteiger partial charge in [-0.2, -0.15) is 0 Å². The van der Waals surface area contributed by atoms with E-state index in [0.717, 1.165) is 32.6 Å². The third-order valence-electron chi connectivity index (χ3n) is 3.12. The molecular weight excluding hydrogens is 290 g/mol. The lowest BCUT2D eigenvalue weighted by Crippen LogP contribution is -1.86. The lowest BCUT2D eigenvalue weighted by Gasteiger charge is -2.03. The smallest absolute Gasteiger partial charge is 0.178 e. The topological polar surface area (TPSA) is 41.6 Å². The summed E-state index contributed by atoms with van der Waals surface area (Å²) in [6.07, 6.45) is 1.79. The van der Waals surface area contributed by atoms with Gasteiger partial charge in [-0.15, -0.1) is 0 Å². The number of aryl methyl sites for hydroxylation is 1. The van der Waals surface area contributed by atoms with Crippen LogP contribution >= 0.6 is 15.9 Å². The number of benzene rings is 1. The van der Waals surface area contributed by atoms with Gasteiger partial charge in [0, 0.05) is 16.2 Å². The first-order valence-electron chi connectivity index (χ1n) is 5.73. The summed E-state index contributed by atoms with van der Waals surface area (Å²) in [5.41, 5.74) is 5.21. The molecule has 3 rings (SSSR count). The third kappa shape index (κ3) is 1.73. The summed E-state index contributed by atoms with van der Waals surface area (Å²) in [5, 5.41) is 0. The fourth-order valence-electron chi connectivity index (χ4n) is 2.03. The lowest BCUT2D eigenvalue weighted by atomic mass is 10.1. The highest BCUT2D eigenvalue weighted by Gasteiger charge is 2.10. The third-order valence-corrected chi connectivity index (χ3v) is 3.98. The highest BCUT2D eigenvalue weighted by molar-refractivity contribution is 9.10. The predicted molar refractivity (Wildman–Crippen MR) is 76.5 cm³/mol. The van der Waals surface area contributed by atoms with E-state index >= 15 is 0 Å². The molecule has 0 aliphatic rings. The van der Waals surface area contributed by atoms with Crippen molar-refractivity contribution >= 4 is 27.1 Å².